The van der Waals surface area contributed by atoms with Crippen LogP contribution in [-0.2, 0) is 20.9 Å². The molecule has 6 nitrogen and oxygen atoms in total. The Morgan fingerprint density at radius 2 is 1.96 bits per heavy atom. The van der Waals surface area contributed by atoms with E-state index in [2.05, 4.69) is 6.58 Å². The molecule has 1 saturated heterocycles. The first-order valence-electron chi connectivity index (χ1n) is 9.33. The highest BCUT2D eigenvalue weighted by molar-refractivity contribution is 5.87. The van der Waals surface area contributed by atoms with E-state index in [1.807, 2.05) is 51.1 Å². The molecular weight excluding hydrogens is 344 g/mol. The van der Waals surface area contributed by atoms with Gasteiger partial charge in [0.2, 0.25) is 5.91 Å². The van der Waals surface area contributed by atoms with Gasteiger partial charge in [-0.1, -0.05) is 36.4 Å². The van der Waals surface area contributed by atoms with Crippen LogP contribution in [0.25, 0.3) is 0 Å². The second-order valence-corrected chi connectivity index (χ2v) is 7.59. The average molecular weight is 374 g/mol. The van der Waals surface area contributed by atoms with E-state index in [4.69, 9.17) is 9.47 Å². The summed E-state index contributed by atoms with van der Waals surface area (Å²) in [5, 5.41) is 0. The molecule has 1 aromatic rings. The quantitative estimate of drug-likeness (QED) is 0.688. The van der Waals surface area contributed by atoms with Crippen LogP contribution < -0.4 is 0 Å². The van der Waals surface area contributed by atoms with Gasteiger partial charge in [0, 0.05) is 19.6 Å². The van der Waals surface area contributed by atoms with E-state index in [-0.39, 0.29) is 12.5 Å². The van der Waals surface area contributed by atoms with Crippen molar-refractivity contribution in [1.29, 1.82) is 0 Å². The van der Waals surface area contributed by atoms with Crippen molar-refractivity contribution in [3.05, 3.63) is 48.6 Å². The topological polar surface area (TPSA) is 59.1 Å². The highest BCUT2D eigenvalue weighted by Crippen LogP contribution is 2.18. The maximum Gasteiger partial charge on any atom is 0.411 e. The molecule has 0 aliphatic carbocycles. The number of benzene rings is 1. The first kappa shape index (κ1) is 21.0. The zero-order valence-corrected chi connectivity index (χ0v) is 16.5. The molecular formula is C21H30N2O4. The summed E-state index contributed by atoms with van der Waals surface area (Å²) in [6.07, 6.45) is 2.03. The van der Waals surface area contributed by atoms with E-state index >= 15 is 0 Å². The number of hydrogen-bond donors (Lipinski definition) is 0. The predicted molar refractivity (Wildman–Crippen MR) is 104 cm³/mol. The number of hydrogen-bond acceptors (Lipinski definition) is 4. The first-order chi connectivity index (χ1) is 12.8. The van der Waals surface area contributed by atoms with Gasteiger partial charge in [-0.2, -0.15) is 0 Å². The van der Waals surface area contributed by atoms with Crippen molar-refractivity contribution in [3.63, 3.8) is 0 Å². The standard InChI is InChI=1S/C21H30N2O4/c1-5-6-12-22-13-14-23(20(25)27-21(2,3)4)18(19(22)24)16-26-15-17-10-8-7-9-11-17/h5,7-11,18H,1,6,12-16H2,2-4H3/t18-/m1/s1. The van der Waals surface area contributed by atoms with Crippen molar-refractivity contribution in [1.82, 2.24) is 9.80 Å². The summed E-state index contributed by atoms with van der Waals surface area (Å²) in [5.74, 6) is -0.109. The summed E-state index contributed by atoms with van der Waals surface area (Å²) in [5.41, 5.74) is 0.406. The molecule has 0 bridgehead atoms. The lowest BCUT2D eigenvalue weighted by atomic mass is 10.1. The highest BCUT2D eigenvalue weighted by Gasteiger charge is 2.39. The molecule has 1 heterocycles. The van der Waals surface area contributed by atoms with Gasteiger partial charge in [-0.05, 0) is 32.8 Å². The molecule has 148 valence electrons. The van der Waals surface area contributed by atoms with E-state index in [9.17, 15) is 9.59 Å². The molecule has 0 saturated carbocycles. The van der Waals surface area contributed by atoms with Crippen LogP contribution in [0.15, 0.2) is 43.0 Å². The molecule has 6 heteroatoms. The minimum Gasteiger partial charge on any atom is -0.444 e. The van der Waals surface area contributed by atoms with E-state index < -0.39 is 17.7 Å². The molecule has 1 aliphatic heterocycles. The summed E-state index contributed by atoms with van der Waals surface area (Å²) in [4.78, 5) is 28.8. The van der Waals surface area contributed by atoms with Crippen molar-refractivity contribution >= 4 is 12.0 Å². The van der Waals surface area contributed by atoms with Crippen molar-refractivity contribution in [2.45, 2.75) is 45.4 Å². The molecule has 1 aliphatic rings. The van der Waals surface area contributed by atoms with Crippen LogP contribution in [0.1, 0.15) is 32.8 Å². The molecule has 1 fully saturated rings. The zero-order valence-electron chi connectivity index (χ0n) is 16.5. The first-order valence-corrected chi connectivity index (χ1v) is 9.33. The van der Waals surface area contributed by atoms with E-state index in [0.717, 1.165) is 12.0 Å². The lowest BCUT2D eigenvalue weighted by Gasteiger charge is -2.40. The fourth-order valence-corrected chi connectivity index (χ4v) is 2.87. The Kier molecular flexibility index (Phi) is 7.42. The molecule has 0 aromatic heterocycles. The summed E-state index contributed by atoms with van der Waals surface area (Å²) in [7, 11) is 0. The summed E-state index contributed by atoms with van der Waals surface area (Å²) < 4.78 is 11.3. The van der Waals surface area contributed by atoms with Crippen molar-refractivity contribution in [2.75, 3.05) is 26.2 Å². The Hall–Kier alpha value is -2.34. The minimum absolute atomic E-state index is 0.109. The Bertz CT molecular complexity index is 639. The second kappa shape index (κ2) is 9.55. The number of ether oxygens (including phenoxy) is 2. The fraction of sp³-hybridized carbons (Fsp3) is 0.524. The Labute approximate surface area is 161 Å². The van der Waals surface area contributed by atoms with Gasteiger partial charge in [-0.3, -0.25) is 9.69 Å². The number of amides is 2. The third kappa shape index (κ3) is 6.40. The average Bonchev–Trinajstić information content (AvgIpc) is 2.61. The summed E-state index contributed by atoms with van der Waals surface area (Å²) in [6, 6.07) is 9.07. The van der Waals surface area contributed by atoms with Crippen molar-refractivity contribution in [2.24, 2.45) is 0 Å². The van der Waals surface area contributed by atoms with Gasteiger partial charge in [-0.25, -0.2) is 4.79 Å². The zero-order chi connectivity index (χ0) is 19.9. The highest BCUT2D eigenvalue weighted by atomic mass is 16.6. The van der Waals surface area contributed by atoms with Crippen LogP contribution >= 0.6 is 0 Å². The number of carbonyl (C=O) groups is 2. The second-order valence-electron chi connectivity index (χ2n) is 7.59. The molecule has 2 amide bonds. The number of rotatable bonds is 7. The van der Waals surface area contributed by atoms with Gasteiger partial charge in [0.05, 0.1) is 13.2 Å². The molecule has 0 spiro atoms. The Morgan fingerprint density at radius 3 is 2.59 bits per heavy atom. The van der Waals surface area contributed by atoms with Crippen molar-refractivity contribution in [3.8, 4) is 0 Å². The van der Waals surface area contributed by atoms with Gasteiger partial charge in [0.25, 0.3) is 0 Å². The lowest BCUT2D eigenvalue weighted by molar-refractivity contribution is -0.144. The molecule has 0 radical (unpaired) electrons. The minimum atomic E-state index is -0.679. The monoisotopic (exact) mass is 374 g/mol. The van der Waals surface area contributed by atoms with Crippen LogP contribution in [0.3, 0.4) is 0 Å². The molecule has 1 aromatic carbocycles. The largest absolute Gasteiger partial charge is 0.444 e. The number of piperazine rings is 1. The van der Waals surface area contributed by atoms with Gasteiger partial charge >= 0.3 is 6.09 Å². The van der Waals surface area contributed by atoms with Crippen LogP contribution in [0, 0.1) is 0 Å². The van der Waals surface area contributed by atoms with E-state index in [1.54, 1.807) is 11.0 Å². The maximum absolute atomic E-state index is 12.9. The summed E-state index contributed by atoms with van der Waals surface area (Å²) >= 11 is 0. The maximum atomic E-state index is 12.9. The Morgan fingerprint density at radius 1 is 1.26 bits per heavy atom. The van der Waals surface area contributed by atoms with Gasteiger partial charge in [0.1, 0.15) is 11.6 Å². The van der Waals surface area contributed by atoms with Gasteiger partial charge in [0.15, 0.2) is 0 Å². The molecule has 27 heavy (non-hydrogen) atoms. The molecule has 0 N–H and O–H groups in total. The van der Waals surface area contributed by atoms with E-state index in [1.165, 1.54) is 4.90 Å². The number of nitrogens with zero attached hydrogens (tertiary/aromatic N) is 2. The van der Waals surface area contributed by atoms with Gasteiger partial charge < -0.3 is 14.4 Å². The Balaban J connectivity index is 2.05. The lowest BCUT2D eigenvalue weighted by Crippen LogP contribution is -2.61. The van der Waals surface area contributed by atoms with Crippen LogP contribution in [0.2, 0.25) is 0 Å². The fourth-order valence-electron chi connectivity index (χ4n) is 2.87. The van der Waals surface area contributed by atoms with E-state index in [0.29, 0.717) is 26.2 Å². The van der Waals surface area contributed by atoms with Crippen LogP contribution in [0.5, 0.6) is 0 Å². The van der Waals surface area contributed by atoms with Crippen molar-refractivity contribution < 1.29 is 19.1 Å². The molecule has 0 unspecified atom stereocenters. The molecule has 2 rings (SSSR count). The number of carbonyl (C=O) groups excluding carboxylic acids is 2. The van der Waals surface area contributed by atoms with Crippen LogP contribution in [0.4, 0.5) is 4.79 Å². The van der Waals surface area contributed by atoms with Crippen LogP contribution in [-0.4, -0.2) is 59.7 Å². The third-order valence-corrected chi connectivity index (χ3v) is 4.20. The van der Waals surface area contributed by atoms with Gasteiger partial charge in [-0.15, -0.1) is 6.58 Å². The summed E-state index contributed by atoms with van der Waals surface area (Å²) in [6.45, 7) is 11.2. The smallest absolute Gasteiger partial charge is 0.411 e. The molecule has 1 atom stereocenters. The SMILES string of the molecule is C=CCCN1CCN(C(=O)OC(C)(C)C)[C@H](COCc2ccccc2)C1=O. The normalized spacial score (nSPS) is 17.7. The third-order valence-electron chi connectivity index (χ3n) is 4.20. The predicted octanol–water partition coefficient (Wildman–Crippen LogP) is 3.23.